The molecule has 1 heterocycles. The van der Waals surface area contributed by atoms with E-state index in [1.165, 1.54) is 12.1 Å². The quantitative estimate of drug-likeness (QED) is 0.836. The molecule has 0 aromatic carbocycles. The zero-order valence-corrected chi connectivity index (χ0v) is 12.9. The van der Waals surface area contributed by atoms with Crippen molar-refractivity contribution in [1.82, 2.24) is 10.9 Å². The van der Waals surface area contributed by atoms with Crippen molar-refractivity contribution in [3.05, 3.63) is 23.7 Å². The Morgan fingerprint density at radius 2 is 1.17 bits per heavy atom. The Morgan fingerprint density at radius 1 is 0.783 bits per heavy atom. The second-order valence-corrected chi connectivity index (χ2v) is 5.82. The highest BCUT2D eigenvalue weighted by Gasteiger charge is 2.17. The summed E-state index contributed by atoms with van der Waals surface area (Å²) in [6.07, 6.45) is 8.15. The van der Waals surface area contributed by atoms with Crippen LogP contribution in [0.1, 0.15) is 72.5 Å². The minimum absolute atomic E-state index is 0.0611. The van der Waals surface area contributed by atoms with Crippen molar-refractivity contribution < 1.29 is 14.0 Å². The molecule has 0 aliphatic heterocycles. The van der Waals surface area contributed by atoms with Gasteiger partial charge in [0.25, 0.3) is 0 Å². The number of carbonyl (C=O) groups excluding carboxylic acids is 2. The van der Waals surface area contributed by atoms with Gasteiger partial charge in [-0.3, -0.25) is 9.59 Å². The van der Waals surface area contributed by atoms with Crippen LogP contribution in [-0.4, -0.2) is 23.2 Å². The maximum atomic E-state index is 11.9. The van der Waals surface area contributed by atoms with Crippen molar-refractivity contribution in [3.8, 4) is 0 Å². The van der Waals surface area contributed by atoms with Crippen LogP contribution in [0.4, 0.5) is 0 Å². The molecule has 2 N–H and O–H groups in total. The third-order valence-corrected chi connectivity index (χ3v) is 4.05. The Balaban J connectivity index is 1.56. The van der Waals surface area contributed by atoms with Crippen LogP contribution in [0.2, 0.25) is 0 Å². The van der Waals surface area contributed by atoms with Gasteiger partial charge in [0.05, 0.1) is 0 Å². The molecule has 2 aliphatic rings. The summed E-state index contributed by atoms with van der Waals surface area (Å²) in [5.74, 6) is -0.784. The van der Waals surface area contributed by atoms with Crippen LogP contribution in [0.15, 0.2) is 26.8 Å². The maximum absolute atomic E-state index is 11.9. The molecule has 1 aromatic rings. The zero-order chi connectivity index (χ0) is 16.1. The van der Waals surface area contributed by atoms with Crippen LogP contribution >= 0.6 is 0 Å². The molecule has 2 saturated carbocycles. The van der Waals surface area contributed by atoms with Crippen molar-refractivity contribution in [2.45, 2.75) is 51.4 Å². The molecule has 7 heteroatoms. The summed E-state index contributed by atoms with van der Waals surface area (Å²) < 4.78 is 5.28. The Morgan fingerprint density at radius 3 is 1.57 bits per heavy atom. The second kappa shape index (κ2) is 7.21. The van der Waals surface area contributed by atoms with Crippen LogP contribution in [0.5, 0.6) is 0 Å². The van der Waals surface area contributed by atoms with Crippen LogP contribution < -0.4 is 10.9 Å². The molecule has 23 heavy (non-hydrogen) atoms. The Hall–Kier alpha value is -2.44. The van der Waals surface area contributed by atoms with E-state index < -0.39 is 11.8 Å². The lowest BCUT2D eigenvalue weighted by molar-refractivity contribution is 0.0902. The van der Waals surface area contributed by atoms with E-state index in [9.17, 15) is 9.59 Å². The molecular formula is C16H20N4O3. The molecule has 122 valence electrons. The largest absolute Gasteiger partial charge is 0.446 e. The van der Waals surface area contributed by atoms with Gasteiger partial charge in [-0.25, -0.2) is 10.9 Å². The molecule has 0 bridgehead atoms. The minimum Gasteiger partial charge on any atom is -0.446 e. The number of hydrazone groups is 2. The van der Waals surface area contributed by atoms with Gasteiger partial charge in [0.15, 0.2) is 11.5 Å². The van der Waals surface area contributed by atoms with E-state index in [1.807, 2.05) is 0 Å². The van der Waals surface area contributed by atoms with E-state index in [0.29, 0.717) is 0 Å². The minimum atomic E-state index is -0.453. The fourth-order valence-corrected chi connectivity index (χ4v) is 2.74. The first-order valence-electron chi connectivity index (χ1n) is 8.04. The van der Waals surface area contributed by atoms with Gasteiger partial charge >= 0.3 is 11.8 Å². The fraction of sp³-hybridized carbons (Fsp3) is 0.500. The molecule has 0 spiro atoms. The first-order valence-corrected chi connectivity index (χ1v) is 8.04. The Bertz CT molecular complexity index is 590. The van der Waals surface area contributed by atoms with Gasteiger partial charge in [-0.1, -0.05) is 0 Å². The van der Waals surface area contributed by atoms with Crippen molar-refractivity contribution in [2.24, 2.45) is 10.2 Å². The number of nitrogens with one attached hydrogen (secondary N) is 2. The van der Waals surface area contributed by atoms with E-state index in [1.54, 1.807) is 0 Å². The number of hydrogen-bond acceptors (Lipinski definition) is 5. The number of amides is 2. The van der Waals surface area contributed by atoms with E-state index >= 15 is 0 Å². The fourth-order valence-electron chi connectivity index (χ4n) is 2.74. The van der Waals surface area contributed by atoms with Gasteiger partial charge in [-0.05, 0) is 63.5 Å². The first-order chi connectivity index (χ1) is 11.2. The zero-order valence-electron chi connectivity index (χ0n) is 12.9. The highest BCUT2D eigenvalue weighted by Crippen LogP contribution is 2.15. The standard InChI is InChI=1S/C16H20N4O3/c21-15(19-17-11-5-1-2-6-11)13-9-10-14(23-13)16(22)20-18-12-7-3-4-8-12/h9-10H,1-8H2,(H,19,21)(H,20,22). The summed E-state index contributed by atoms with van der Waals surface area (Å²) in [7, 11) is 0. The Labute approximate surface area is 134 Å². The van der Waals surface area contributed by atoms with Crippen molar-refractivity contribution in [2.75, 3.05) is 0 Å². The lowest BCUT2D eigenvalue weighted by Gasteiger charge is -1.99. The summed E-state index contributed by atoms with van der Waals surface area (Å²) in [5.41, 5.74) is 6.92. The number of furan rings is 1. The third-order valence-electron chi connectivity index (χ3n) is 4.05. The average molecular weight is 316 g/mol. The van der Waals surface area contributed by atoms with Crippen molar-refractivity contribution in [1.29, 1.82) is 0 Å². The molecule has 0 radical (unpaired) electrons. The topological polar surface area (TPSA) is 96.1 Å². The number of carbonyl (C=O) groups is 2. The van der Waals surface area contributed by atoms with Crippen LogP contribution in [0.3, 0.4) is 0 Å². The molecule has 0 saturated heterocycles. The van der Waals surface area contributed by atoms with E-state index in [2.05, 4.69) is 21.1 Å². The highest BCUT2D eigenvalue weighted by molar-refractivity contribution is 5.97. The molecule has 2 fully saturated rings. The normalized spacial score (nSPS) is 17.2. The number of nitrogens with zero attached hydrogens (tertiary/aromatic N) is 2. The predicted octanol–water partition coefficient (Wildman–Crippen LogP) is 2.60. The molecule has 2 aliphatic carbocycles. The molecule has 3 rings (SSSR count). The van der Waals surface area contributed by atoms with E-state index in [0.717, 1.165) is 62.8 Å². The monoisotopic (exact) mass is 316 g/mol. The predicted molar refractivity (Wildman–Crippen MR) is 85.4 cm³/mol. The van der Waals surface area contributed by atoms with Crippen LogP contribution in [-0.2, 0) is 0 Å². The maximum Gasteiger partial charge on any atom is 0.307 e. The lowest BCUT2D eigenvalue weighted by atomic mass is 10.3. The van der Waals surface area contributed by atoms with Gasteiger partial charge < -0.3 is 4.42 Å². The van der Waals surface area contributed by atoms with E-state index in [-0.39, 0.29) is 11.5 Å². The van der Waals surface area contributed by atoms with Gasteiger partial charge in [0.1, 0.15) is 0 Å². The summed E-state index contributed by atoms with van der Waals surface area (Å²) in [6.45, 7) is 0. The highest BCUT2D eigenvalue weighted by atomic mass is 16.4. The summed E-state index contributed by atoms with van der Waals surface area (Å²) in [5, 5.41) is 8.15. The molecule has 7 nitrogen and oxygen atoms in total. The third kappa shape index (κ3) is 4.06. The van der Waals surface area contributed by atoms with Gasteiger partial charge in [-0.2, -0.15) is 10.2 Å². The lowest BCUT2D eigenvalue weighted by Crippen LogP contribution is -2.20. The van der Waals surface area contributed by atoms with Crippen molar-refractivity contribution in [3.63, 3.8) is 0 Å². The Kier molecular flexibility index (Phi) is 4.85. The molecule has 1 aromatic heterocycles. The van der Waals surface area contributed by atoms with Crippen LogP contribution in [0.25, 0.3) is 0 Å². The van der Waals surface area contributed by atoms with Crippen LogP contribution in [0, 0.1) is 0 Å². The molecule has 0 atom stereocenters. The second-order valence-electron chi connectivity index (χ2n) is 5.82. The van der Waals surface area contributed by atoms with Crippen molar-refractivity contribution >= 4 is 23.2 Å². The van der Waals surface area contributed by atoms with Gasteiger partial charge in [0.2, 0.25) is 0 Å². The average Bonchev–Trinajstić information content (AvgIpc) is 3.32. The molecular weight excluding hydrogens is 296 g/mol. The van der Waals surface area contributed by atoms with E-state index in [4.69, 9.17) is 4.42 Å². The number of hydrogen-bond donors (Lipinski definition) is 2. The molecule has 0 unspecified atom stereocenters. The SMILES string of the molecule is O=C(NN=C1CCCC1)c1ccc(C(=O)NN=C2CCCC2)o1. The smallest absolute Gasteiger partial charge is 0.307 e. The number of rotatable bonds is 4. The van der Waals surface area contributed by atoms with Gasteiger partial charge in [0, 0.05) is 11.4 Å². The summed E-state index contributed by atoms with van der Waals surface area (Å²) in [4.78, 5) is 23.9. The molecule has 2 amide bonds. The first kappa shape index (κ1) is 15.5. The summed E-state index contributed by atoms with van der Waals surface area (Å²) >= 11 is 0. The van der Waals surface area contributed by atoms with Gasteiger partial charge in [-0.15, -0.1) is 0 Å². The summed E-state index contributed by atoms with van der Waals surface area (Å²) in [6, 6.07) is 2.92.